The number of anilines is 1. The average molecular weight is 307 g/mol. The Balaban J connectivity index is 1.62. The fourth-order valence-electron chi connectivity index (χ4n) is 2.74. The zero-order valence-electron chi connectivity index (χ0n) is 13.2. The molecule has 1 unspecified atom stereocenters. The number of benzene rings is 2. The first kappa shape index (κ1) is 15.2. The molecule has 2 aromatic rings. The zero-order valence-corrected chi connectivity index (χ0v) is 13.2. The predicted molar refractivity (Wildman–Crippen MR) is 92.4 cm³/mol. The highest BCUT2D eigenvalue weighted by Crippen LogP contribution is 2.20. The molecule has 1 heterocycles. The van der Waals surface area contributed by atoms with Gasteiger partial charge in [0.25, 0.3) is 0 Å². The van der Waals surface area contributed by atoms with Gasteiger partial charge in [0.1, 0.15) is 6.17 Å². The average Bonchev–Trinajstić information content (AvgIpc) is 2.90. The number of para-hydroxylation sites is 1. The fraction of sp³-hybridized carbons (Fsp3) is 0.211. The molecule has 0 aromatic heterocycles. The van der Waals surface area contributed by atoms with Gasteiger partial charge < -0.3 is 15.1 Å². The smallest absolute Gasteiger partial charge is 0.228 e. The minimum Gasteiger partial charge on any atom is -0.359 e. The molecule has 0 fully saturated rings. The van der Waals surface area contributed by atoms with Gasteiger partial charge in [-0.2, -0.15) is 0 Å². The van der Waals surface area contributed by atoms with E-state index >= 15 is 0 Å². The highest BCUT2D eigenvalue weighted by atomic mass is 16.1. The van der Waals surface area contributed by atoms with Gasteiger partial charge in [-0.05, 0) is 17.7 Å². The van der Waals surface area contributed by atoms with Crippen molar-refractivity contribution in [1.82, 2.24) is 9.80 Å². The van der Waals surface area contributed by atoms with Crippen molar-refractivity contribution in [3.63, 3.8) is 0 Å². The Hall–Kier alpha value is -2.75. The topological polar surface area (TPSA) is 35.6 Å². The maximum absolute atomic E-state index is 12.3. The Morgan fingerprint density at radius 2 is 1.65 bits per heavy atom. The van der Waals surface area contributed by atoms with E-state index in [2.05, 4.69) is 27.2 Å². The number of carbonyl (C=O) groups excluding carboxylic acids is 1. The van der Waals surface area contributed by atoms with Crippen LogP contribution >= 0.6 is 0 Å². The van der Waals surface area contributed by atoms with E-state index in [1.807, 2.05) is 68.0 Å². The first-order valence-electron chi connectivity index (χ1n) is 7.77. The van der Waals surface area contributed by atoms with Crippen molar-refractivity contribution in [2.45, 2.75) is 19.1 Å². The molecule has 0 bridgehead atoms. The molecule has 0 spiro atoms. The van der Waals surface area contributed by atoms with Gasteiger partial charge in [-0.1, -0.05) is 48.5 Å². The predicted octanol–water partition coefficient (Wildman–Crippen LogP) is 3.26. The van der Waals surface area contributed by atoms with Gasteiger partial charge in [0, 0.05) is 31.7 Å². The summed E-state index contributed by atoms with van der Waals surface area (Å²) in [5.41, 5.74) is 2.07. The molecule has 0 saturated carbocycles. The van der Waals surface area contributed by atoms with Gasteiger partial charge in [0.15, 0.2) is 0 Å². The molecule has 1 N–H and O–H groups in total. The summed E-state index contributed by atoms with van der Waals surface area (Å²) in [6, 6.07) is 19.9. The van der Waals surface area contributed by atoms with Crippen LogP contribution < -0.4 is 5.32 Å². The highest BCUT2D eigenvalue weighted by Gasteiger charge is 2.26. The van der Waals surface area contributed by atoms with E-state index in [1.165, 1.54) is 5.56 Å². The van der Waals surface area contributed by atoms with E-state index in [0.29, 0.717) is 6.42 Å². The Labute approximate surface area is 137 Å². The summed E-state index contributed by atoms with van der Waals surface area (Å²) >= 11 is 0. The van der Waals surface area contributed by atoms with Gasteiger partial charge in [0.05, 0.1) is 6.42 Å². The minimum absolute atomic E-state index is 0.0230. The van der Waals surface area contributed by atoms with Crippen LogP contribution in [0.5, 0.6) is 0 Å². The second-order valence-electron chi connectivity index (χ2n) is 5.72. The SMILES string of the molecule is CN1C=CN(Cc2ccccc2)C1CC(=O)Nc1ccccc1. The van der Waals surface area contributed by atoms with Crippen LogP contribution in [0.25, 0.3) is 0 Å². The molecular formula is C19H21N3O. The largest absolute Gasteiger partial charge is 0.359 e. The highest BCUT2D eigenvalue weighted by molar-refractivity contribution is 5.91. The van der Waals surface area contributed by atoms with Crippen molar-refractivity contribution in [2.24, 2.45) is 0 Å². The fourth-order valence-corrected chi connectivity index (χ4v) is 2.74. The van der Waals surface area contributed by atoms with Gasteiger partial charge in [-0.25, -0.2) is 0 Å². The zero-order chi connectivity index (χ0) is 16.1. The molecule has 4 heteroatoms. The van der Waals surface area contributed by atoms with Crippen molar-refractivity contribution in [2.75, 3.05) is 12.4 Å². The number of nitrogens with one attached hydrogen (secondary N) is 1. The number of rotatable bonds is 5. The van der Waals surface area contributed by atoms with Gasteiger partial charge in [-0.3, -0.25) is 4.79 Å². The molecule has 2 aromatic carbocycles. The third-order valence-corrected chi connectivity index (χ3v) is 3.98. The molecule has 23 heavy (non-hydrogen) atoms. The summed E-state index contributed by atoms with van der Waals surface area (Å²) < 4.78 is 0. The Kier molecular flexibility index (Phi) is 4.62. The van der Waals surface area contributed by atoms with Crippen LogP contribution in [0.1, 0.15) is 12.0 Å². The quantitative estimate of drug-likeness (QED) is 0.921. The monoisotopic (exact) mass is 307 g/mol. The van der Waals surface area contributed by atoms with Gasteiger partial charge in [-0.15, -0.1) is 0 Å². The number of carbonyl (C=O) groups is 1. The number of hydrogen-bond donors (Lipinski definition) is 1. The summed E-state index contributed by atoms with van der Waals surface area (Å²) in [7, 11) is 2.00. The van der Waals surface area contributed by atoms with E-state index in [9.17, 15) is 4.79 Å². The molecule has 1 aliphatic rings. The van der Waals surface area contributed by atoms with E-state index in [0.717, 1.165) is 12.2 Å². The second kappa shape index (κ2) is 7.01. The molecule has 1 amide bonds. The first-order chi connectivity index (χ1) is 11.2. The van der Waals surface area contributed by atoms with Crippen molar-refractivity contribution in [1.29, 1.82) is 0 Å². The first-order valence-corrected chi connectivity index (χ1v) is 7.77. The summed E-state index contributed by atoms with van der Waals surface area (Å²) in [5.74, 6) is 0.0230. The number of amides is 1. The van der Waals surface area contributed by atoms with E-state index < -0.39 is 0 Å². The van der Waals surface area contributed by atoms with Crippen LogP contribution in [-0.4, -0.2) is 28.9 Å². The Morgan fingerprint density at radius 3 is 2.35 bits per heavy atom. The minimum atomic E-state index is 0.0230. The van der Waals surface area contributed by atoms with E-state index in [1.54, 1.807) is 0 Å². The van der Waals surface area contributed by atoms with E-state index in [-0.39, 0.29) is 12.1 Å². The normalized spacial score (nSPS) is 16.7. The molecule has 0 radical (unpaired) electrons. The maximum Gasteiger partial charge on any atom is 0.228 e. The lowest BCUT2D eigenvalue weighted by Crippen LogP contribution is -2.39. The van der Waals surface area contributed by atoms with Crippen LogP contribution in [0.2, 0.25) is 0 Å². The summed E-state index contributed by atoms with van der Waals surface area (Å²) in [4.78, 5) is 16.6. The van der Waals surface area contributed by atoms with E-state index in [4.69, 9.17) is 0 Å². The molecule has 118 valence electrons. The van der Waals surface area contributed by atoms with Crippen molar-refractivity contribution in [3.05, 3.63) is 78.6 Å². The molecule has 1 aliphatic heterocycles. The van der Waals surface area contributed by atoms with Gasteiger partial charge in [0.2, 0.25) is 5.91 Å². The van der Waals surface area contributed by atoms with Crippen molar-refractivity contribution < 1.29 is 4.79 Å². The van der Waals surface area contributed by atoms with Crippen LogP contribution in [0, 0.1) is 0 Å². The molecule has 1 atom stereocenters. The van der Waals surface area contributed by atoms with Gasteiger partial charge >= 0.3 is 0 Å². The summed E-state index contributed by atoms with van der Waals surface area (Å²) in [5, 5.41) is 2.95. The third kappa shape index (κ3) is 3.92. The summed E-state index contributed by atoms with van der Waals surface area (Å²) in [6.45, 7) is 0.797. The lowest BCUT2D eigenvalue weighted by molar-refractivity contribution is -0.118. The number of nitrogens with zero attached hydrogens (tertiary/aromatic N) is 2. The van der Waals surface area contributed by atoms with Crippen LogP contribution in [0.3, 0.4) is 0 Å². The lowest BCUT2D eigenvalue weighted by atomic mass is 10.2. The Bertz CT molecular complexity index is 670. The molecule has 3 rings (SSSR count). The standard InChI is InChI=1S/C19H21N3O/c1-21-12-13-22(15-16-8-4-2-5-9-16)19(21)14-18(23)20-17-10-6-3-7-11-17/h2-13,19H,14-15H2,1H3,(H,20,23). The molecule has 0 aliphatic carbocycles. The van der Waals surface area contributed by atoms with Crippen molar-refractivity contribution >= 4 is 11.6 Å². The Morgan fingerprint density at radius 1 is 1.00 bits per heavy atom. The lowest BCUT2D eigenvalue weighted by Gasteiger charge is -2.30. The third-order valence-electron chi connectivity index (χ3n) is 3.98. The van der Waals surface area contributed by atoms with Crippen LogP contribution in [0.15, 0.2) is 73.1 Å². The number of hydrogen-bond acceptors (Lipinski definition) is 3. The molecule has 0 saturated heterocycles. The van der Waals surface area contributed by atoms with Crippen LogP contribution in [-0.2, 0) is 11.3 Å². The second-order valence-corrected chi connectivity index (χ2v) is 5.72. The molecule has 4 nitrogen and oxygen atoms in total. The molecular weight excluding hydrogens is 286 g/mol. The van der Waals surface area contributed by atoms with Crippen molar-refractivity contribution in [3.8, 4) is 0 Å². The maximum atomic E-state index is 12.3. The summed E-state index contributed by atoms with van der Waals surface area (Å²) in [6.07, 6.45) is 4.53. The van der Waals surface area contributed by atoms with Crippen LogP contribution in [0.4, 0.5) is 5.69 Å².